The highest BCUT2D eigenvalue weighted by Crippen LogP contribution is 2.21. The first-order valence-corrected chi connectivity index (χ1v) is 8.90. The van der Waals surface area contributed by atoms with E-state index in [4.69, 9.17) is 0 Å². The van der Waals surface area contributed by atoms with Crippen LogP contribution in [0, 0.1) is 6.92 Å². The van der Waals surface area contributed by atoms with E-state index >= 15 is 0 Å². The summed E-state index contributed by atoms with van der Waals surface area (Å²) in [6.45, 7) is 3.92. The molecular formula is C15H19N3O2S. The largest absolute Gasteiger partial charge is 0.300 e. The molecule has 6 heteroatoms. The summed E-state index contributed by atoms with van der Waals surface area (Å²) in [4.78, 5) is 6.53. The van der Waals surface area contributed by atoms with Gasteiger partial charge in [-0.15, -0.1) is 0 Å². The lowest BCUT2D eigenvalue weighted by molar-refractivity contribution is 0.173. The average molecular weight is 305 g/mol. The van der Waals surface area contributed by atoms with Gasteiger partial charge in [0, 0.05) is 31.6 Å². The third kappa shape index (κ3) is 2.87. The Labute approximate surface area is 125 Å². The number of hydrogen-bond acceptors (Lipinski definition) is 4. The van der Waals surface area contributed by atoms with E-state index in [9.17, 15) is 8.42 Å². The highest BCUT2D eigenvalue weighted by atomic mass is 32.2. The summed E-state index contributed by atoms with van der Waals surface area (Å²) in [5.74, 6) is 0.941. The van der Waals surface area contributed by atoms with Crippen molar-refractivity contribution in [2.24, 2.45) is 0 Å². The number of aryl methyl sites for hydroxylation is 1. The van der Waals surface area contributed by atoms with Crippen LogP contribution in [0.25, 0.3) is 5.69 Å². The zero-order valence-corrected chi connectivity index (χ0v) is 13.0. The molecule has 1 aromatic carbocycles. The molecule has 0 amide bonds. The standard InChI is InChI=1S/C15H19N3O2S/c1-12-16-8-14(18(12)13-6-4-3-5-7-13)9-17-10-15(11-17)21(2,19)20/h3-8,15H,9-11H2,1-2H3. The van der Waals surface area contributed by atoms with Gasteiger partial charge in [0.25, 0.3) is 0 Å². The van der Waals surface area contributed by atoms with Crippen molar-refractivity contribution in [1.29, 1.82) is 0 Å². The van der Waals surface area contributed by atoms with Crippen LogP contribution < -0.4 is 0 Å². The second-order valence-electron chi connectivity index (χ2n) is 5.61. The molecule has 1 saturated heterocycles. The fraction of sp³-hybridized carbons (Fsp3) is 0.400. The number of sulfone groups is 1. The summed E-state index contributed by atoms with van der Waals surface area (Å²) in [5, 5.41) is -0.216. The normalized spacial score (nSPS) is 16.9. The first-order valence-electron chi connectivity index (χ1n) is 6.95. The lowest BCUT2D eigenvalue weighted by atomic mass is 10.2. The van der Waals surface area contributed by atoms with Crippen LogP contribution in [0.15, 0.2) is 36.5 Å². The predicted octanol–water partition coefficient (Wildman–Crippen LogP) is 1.41. The zero-order chi connectivity index (χ0) is 15.0. The maximum absolute atomic E-state index is 11.5. The van der Waals surface area contributed by atoms with Crippen LogP contribution in [0.4, 0.5) is 0 Å². The van der Waals surface area contributed by atoms with Crippen molar-refractivity contribution in [3.63, 3.8) is 0 Å². The Morgan fingerprint density at radius 3 is 2.52 bits per heavy atom. The second kappa shape index (κ2) is 5.27. The molecule has 0 N–H and O–H groups in total. The smallest absolute Gasteiger partial charge is 0.152 e. The maximum atomic E-state index is 11.5. The van der Waals surface area contributed by atoms with Crippen molar-refractivity contribution in [2.45, 2.75) is 18.7 Å². The maximum Gasteiger partial charge on any atom is 0.152 e. The quantitative estimate of drug-likeness (QED) is 0.857. The third-order valence-corrected chi connectivity index (χ3v) is 5.45. The Bertz CT molecular complexity index is 732. The van der Waals surface area contributed by atoms with Gasteiger partial charge in [0.1, 0.15) is 5.82 Å². The molecule has 1 aliphatic heterocycles. The number of para-hydroxylation sites is 1. The molecule has 1 aromatic heterocycles. The van der Waals surface area contributed by atoms with E-state index in [1.165, 1.54) is 6.26 Å². The Morgan fingerprint density at radius 2 is 1.90 bits per heavy atom. The minimum Gasteiger partial charge on any atom is -0.300 e. The van der Waals surface area contributed by atoms with Gasteiger partial charge in [-0.05, 0) is 19.1 Å². The molecule has 3 rings (SSSR count). The van der Waals surface area contributed by atoms with Gasteiger partial charge in [-0.1, -0.05) is 18.2 Å². The molecule has 0 saturated carbocycles. The summed E-state index contributed by atoms with van der Waals surface area (Å²) in [6.07, 6.45) is 3.18. The molecule has 1 fully saturated rings. The van der Waals surface area contributed by atoms with Crippen molar-refractivity contribution in [3.05, 3.63) is 48.0 Å². The summed E-state index contributed by atoms with van der Waals surface area (Å²) < 4.78 is 25.0. The lowest BCUT2D eigenvalue weighted by Gasteiger charge is -2.37. The van der Waals surface area contributed by atoms with Crippen molar-refractivity contribution in [2.75, 3.05) is 19.3 Å². The predicted molar refractivity (Wildman–Crippen MR) is 82.2 cm³/mol. The van der Waals surface area contributed by atoms with Crippen LogP contribution >= 0.6 is 0 Å². The van der Waals surface area contributed by atoms with E-state index in [-0.39, 0.29) is 5.25 Å². The van der Waals surface area contributed by atoms with Gasteiger partial charge in [0.15, 0.2) is 9.84 Å². The van der Waals surface area contributed by atoms with E-state index in [0.29, 0.717) is 13.1 Å². The van der Waals surface area contributed by atoms with E-state index in [2.05, 4.69) is 14.5 Å². The Kier molecular flexibility index (Phi) is 3.59. The molecule has 0 spiro atoms. The first kappa shape index (κ1) is 14.3. The molecule has 1 aliphatic rings. The van der Waals surface area contributed by atoms with Crippen LogP contribution in [0.1, 0.15) is 11.5 Å². The zero-order valence-electron chi connectivity index (χ0n) is 12.2. The second-order valence-corrected chi connectivity index (χ2v) is 7.94. The van der Waals surface area contributed by atoms with Crippen LogP contribution in [0.2, 0.25) is 0 Å². The summed E-state index contributed by atoms with van der Waals surface area (Å²) >= 11 is 0. The molecule has 0 atom stereocenters. The van der Waals surface area contributed by atoms with Crippen molar-refractivity contribution in [3.8, 4) is 5.69 Å². The topological polar surface area (TPSA) is 55.2 Å². The fourth-order valence-electron chi connectivity index (χ4n) is 2.68. The van der Waals surface area contributed by atoms with Gasteiger partial charge in [0.05, 0.1) is 17.1 Å². The van der Waals surface area contributed by atoms with Gasteiger partial charge in [0.2, 0.25) is 0 Å². The van der Waals surface area contributed by atoms with Gasteiger partial charge >= 0.3 is 0 Å². The summed E-state index contributed by atoms with van der Waals surface area (Å²) in [5.41, 5.74) is 2.17. The van der Waals surface area contributed by atoms with Gasteiger partial charge in [-0.25, -0.2) is 13.4 Å². The Balaban J connectivity index is 1.77. The number of hydrogen-bond donors (Lipinski definition) is 0. The monoisotopic (exact) mass is 305 g/mol. The van der Waals surface area contributed by atoms with Crippen molar-refractivity contribution in [1.82, 2.24) is 14.5 Å². The summed E-state index contributed by atoms with van der Waals surface area (Å²) in [6, 6.07) is 10.1. The number of likely N-dealkylation sites (tertiary alicyclic amines) is 1. The van der Waals surface area contributed by atoms with Gasteiger partial charge in [-0.3, -0.25) is 9.47 Å². The fourth-order valence-corrected chi connectivity index (χ4v) is 3.65. The Morgan fingerprint density at radius 1 is 1.24 bits per heavy atom. The highest BCUT2D eigenvalue weighted by Gasteiger charge is 2.34. The minimum atomic E-state index is -2.91. The molecule has 0 radical (unpaired) electrons. The number of nitrogens with zero attached hydrogens (tertiary/aromatic N) is 3. The number of rotatable bonds is 4. The van der Waals surface area contributed by atoms with Crippen molar-refractivity contribution < 1.29 is 8.42 Å². The molecular weight excluding hydrogens is 286 g/mol. The van der Waals surface area contributed by atoms with Crippen LogP contribution in [-0.2, 0) is 16.4 Å². The van der Waals surface area contributed by atoms with E-state index < -0.39 is 9.84 Å². The SMILES string of the molecule is Cc1ncc(CN2CC(S(C)(=O)=O)C2)n1-c1ccccc1. The van der Waals surface area contributed by atoms with Gasteiger partial charge < -0.3 is 0 Å². The molecule has 21 heavy (non-hydrogen) atoms. The lowest BCUT2D eigenvalue weighted by Crippen LogP contribution is -2.53. The third-order valence-electron chi connectivity index (χ3n) is 3.94. The highest BCUT2D eigenvalue weighted by molar-refractivity contribution is 7.91. The van der Waals surface area contributed by atoms with Crippen LogP contribution in [0.3, 0.4) is 0 Å². The molecule has 0 unspecified atom stereocenters. The molecule has 112 valence electrons. The number of imidazole rings is 1. The summed E-state index contributed by atoms with van der Waals surface area (Å²) in [7, 11) is -2.91. The molecule has 0 bridgehead atoms. The van der Waals surface area contributed by atoms with Gasteiger partial charge in [-0.2, -0.15) is 0 Å². The average Bonchev–Trinajstić information content (AvgIpc) is 2.74. The minimum absolute atomic E-state index is 0.216. The van der Waals surface area contributed by atoms with Crippen molar-refractivity contribution >= 4 is 9.84 Å². The van der Waals surface area contributed by atoms with Crippen LogP contribution in [0.5, 0.6) is 0 Å². The molecule has 5 nitrogen and oxygen atoms in total. The number of benzene rings is 1. The Hall–Kier alpha value is -1.66. The van der Waals surface area contributed by atoms with E-state index in [0.717, 1.165) is 23.8 Å². The van der Waals surface area contributed by atoms with Crippen LogP contribution in [-0.4, -0.2) is 47.5 Å². The first-order chi connectivity index (χ1) is 9.95. The molecule has 0 aliphatic carbocycles. The number of aromatic nitrogens is 2. The molecule has 2 aromatic rings. The van der Waals surface area contributed by atoms with E-state index in [1.54, 1.807) is 0 Å². The van der Waals surface area contributed by atoms with E-state index in [1.807, 2.05) is 43.5 Å². The molecule has 2 heterocycles.